The van der Waals surface area contributed by atoms with Crippen molar-refractivity contribution in [2.45, 2.75) is 19.8 Å². The highest BCUT2D eigenvalue weighted by atomic mass is 79.9. The van der Waals surface area contributed by atoms with Gasteiger partial charge < -0.3 is 15.2 Å². The number of methoxy groups -OCH3 is 2. The standard InChI is InChI=1S/C15H18BrN3O2/c1-4-5-12-13(16)14(17)19-15(18-12)9-6-10(20-2)8-11(7-9)21-3/h6-8H,4-5H2,1-3H3,(H2,17,18,19). The highest BCUT2D eigenvalue weighted by molar-refractivity contribution is 9.10. The number of hydrogen-bond acceptors (Lipinski definition) is 5. The van der Waals surface area contributed by atoms with Gasteiger partial charge in [0.25, 0.3) is 0 Å². The molecule has 2 rings (SSSR count). The van der Waals surface area contributed by atoms with Crippen molar-refractivity contribution < 1.29 is 9.47 Å². The summed E-state index contributed by atoms with van der Waals surface area (Å²) in [7, 11) is 3.22. The average molecular weight is 352 g/mol. The third-order valence-electron chi connectivity index (χ3n) is 3.04. The van der Waals surface area contributed by atoms with Crippen molar-refractivity contribution in [3.8, 4) is 22.9 Å². The van der Waals surface area contributed by atoms with Crippen molar-refractivity contribution >= 4 is 21.7 Å². The van der Waals surface area contributed by atoms with E-state index in [4.69, 9.17) is 15.2 Å². The summed E-state index contributed by atoms with van der Waals surface area (Å²) in [5, 5.41) is 0. The number of halogens is 1. The van der Waals surface area contributed by atoms with E-state index in [0.29, 0.717) is 23.1 Å². The minimum atomic E-state index is 0.435. The van der Waals surface area contributed by atoms with Crippen LogP contribution >= 0.6 is 15.9 Å². The zero-order chi connectivity index (χ0) is 15.4. The molecule has 0 saturated carbocycles. The van der Waals surface area contributed by atoms with Gasteiger partial charge in [-0.05, 0) is 34.5 Å². The maximum Gasteiger partial charge on any atom is 0.162 e. The van der Waals surface area contributed by atoms with Crippen LogP contribution in [0.25, 0.3) is 11.4 Å². The molecular weight excluding hydrogens is 334 g/mol. The van der Waals surface area contributed by atoms with Gasteiger partial charge in [-0.1, -0.05) is 13.3 Å². The fraction of sp³-hybridized carbons (Fsp3) is 0.333. The van der Waals surface area contributed by atoms with Gasteiger partial charge in [0.15, 0.2) is 5.82 Å². The van der Waals surface area contributed by atoms with Crippen LogP contribution in [0, 0.1) is 0 Å². The first-order valence-corrected chi connectivity index (χ1v) is 7.43. The molecule has 21 heavy (non-hydrogen) atoms. The predicted octanol–water partition coefficient (Wildman–Crippen LogP) is 3.46. The summed E-state index contributed by atoms with van der Waals surface area (Å²) in [6.07, 6.45) is 1.82. The van der Waals surface area contributed by atoms with Crippen LogP contribution in [0.15, 0.2) is 22.7 Å². The molecule has 0 fully saturated rings. The number of hydrogen-bond donors (Lipinski definition) is 1. The first kappa shape index (κ1) is 15.6. The minimum absolute atomic E-state index is 0.435. The van der Waals surface area contributed by atoms with Crippen LogP contribution in [-0.4, -0.2) is 24.2 Å². The number of nitrogens with zero attached hydrogens (tertiary/aromatic N) is 2. The topological polar surface area (TPSA) is 70.3 Å². The Morgan fingerprint density at radius 2 is 1.71 bits per heavy atom. The molecule has 2 aromatic rings. The largest absolute Gasteiger partial charge is 0.497 e. The Morgan fingerprint density at radius 3 is 2.24 bits per heavy atom. The van der Waals surface area contributed by atoms with Crippen molar-refractivity contribution in [1.29, 1.82) is 0 Å². The van der Waals surface area contributed by atoms with Gasteiger partial charge in [-0.3, -0.25) is 0 Å². The Kier molecular flexibility index (Phi) is 5.01. The quantitative estimate of drug-likeness (QED) is 0.892. The molecule has 0 aliphatic carbocycles. The fourth-order valence-corrected chi connectivity index (χ4v) is 2.36. The van der Waals surface area contributed by atoms with Crippen molar-refractivity contribution in [3.05, 3.63) is 28.4 Å². The number of aromatic nitrogens is 2. The molecular formula is C15H18BrN3O2. The lowest BCUT2D eigenvalue weighted by molar-refractivity contribution is 0.394. The summed E-state index contributed by atoms with van der Waals surface area (Å²) >= 11 is 3.44. The van der Waals surface area contributed by atoms with Crippen LogP contribution in [0.3, 0.4) is 0 Å². The van der Waals surface area contributed by atoms with Crippen LogP contribution in [0.4, 0.5) is 5.82 Å². The number of anilines is 1. The molecule has 112 valence electrons. The Labute approximate surface area is 132 Å². The molecule has 0 aliphatic heterocycles. The Balaban J connectivity index is 2.55. The van der Waals surface area contributed by atoms with Gasteiger partial charge in [0.2, 0.25) is 0 Å². The highest BCUT2D eigenvalue weighted by Gasteiger charge is 2.13. The van der Waals surface area contributed by atoms with Crippen molar-refractivity contribution in [1.82, 2.24) is 9.97 Å². The lowest BCUT2D eigenvalue weighted by atomic mass is 10.1. The van der Waals surface area contributed by atoms with E-state index in [1.54, 1.807) is 20.3 Å². The summed E-state index contributed by atoms with van der Waals surface area (Å²) < 4.78 is 11.3. The van der Waals surface area contributed by atoms with Gasteiger partial charge in [0, 0.05) is 11.6 Å². The second kappa shape index (κ2) is 6.76. The van der Waals surface area contributed by atoms with Gasteiger partial charge in [0.1, 0.15) is 17.3 Å². The molecule has 2 N–H and O–H groups in total. The van der Waals surface area contributed by atoms with E-state index in [2.05, 4.69) is 32.8 Å². The summed E-state index contributed by atoms with van der Waals surface area (Å²) in [5.74, 6) is 2.37. The lowest BCUT2D eigenvalue weighted by Gasteiger charge is -2.11. The predicted molar refractivity (Wildman–Crippen MR) is 86.7 cm³/mol. The molecule has 1 heterocycles. The average Bonchev–Trinajstić information content (AvgIpc) is 2.51. The Hall–Kier alpha value is -1.82. The zero-order valence-electron chi connectivity index (χ0n) is 12.3. The lowest BCUT2D eigenvalue weighted by Crippen LogP contribution is -2.03. The van der Waals surface area contributed by atoms with Gasteiger partial charge in [-0.25, -0.2) is 9.97 Å². The van der Waals surface area contributed by atoms with Gasteiger partial charge >= 0.3 is 0 Å². The molecule has 0 radical (unpaired) electrons. The molecule has 0 amide bonds. The van der Waals surface area contributed by atoms with Crippen LogP contribution < -0.4 is 15.2 Å². The van der Waals surface area contributed by atoms with Crippen LogP contribution in [0.2, 0.25) is 0 Å². The van der Waals surface area contributed by atoms with E-state index in [9.17, 15) is 0 Å². The van der Waals surface area contributed by atoms with Crippen molar-refractivity contribution in [2.24, 2.45) is 0 Å². The smallest absolute Gasteiger partial charge is 0.162 e. The fourth-order valence-electron chi connectivity index (χ4n) is 1.98. The van der Waals surface area contributed by atoms with E-state index in [-0.39, 0.29) is 0 Å². The van der Waals surface area contributed by atoms with Gasteiger partial charge in [-0.15, -0.1) is 0 Å². The second-order valence-electron chi connectivity index (χ2n) is 4.54. The second-order valence-corrected chi connectivity index (χ2v) is 5.34. The first-order chi connectivity index (χ1) is 10.1. The zero-order valence-corrected chi connectivity index (χ0v) is 13.9. The van der Waals surface area contributed by atoms with E-state index in [1.807, 2.05) is 12.1 Å². The van der Waals surface area contributed by atoms with Crippen LogP contribution in [0.1, 0.15) is 19.0 Å². The summed E-state index contributed by atoms with van der Waals surface area (Å²) in [6, 6.07) is 5.53. The maximum absolute atomic E-state index is 5.97. The maximum atomic E-state index is 5.97. The highest BCUT2D eigenvalue weighted by Crippen LogP contribution is 2.31. The molecule has 1 aromatic heterocycles. The number of aryl methyl sites for hydroxylation is 1. The molecule has 6 heteroatoms. The molecule has 0 aliphatic rings. The number of nitrogen functional groups attached to an aromatic ring is 1. The molecule has 0 spiro atoms. The van der Waals surface area contributed by atoms with E-state index >= 15 is 0 Å². The molecule has 1 aromatic carbocycles. The molecule has 0 saturated heterocycles. The minimum Gasteiger partial charge on any atom is -0.497 e. The van der Waals surface area contributed by atoms with Gasteiger partial charge in [-0.2, -0.15) is 0 Å². The third-order valence-corrected chi connectivity index (χ3v) is 3.91. The monoisotopic (exact) mass is 351 g/mol. The van der Waals surface area contributed by atoms with Crippen molar-refractivity contribution in [2.75, 3.05) is 20.0 Å². The summed E-state index contributed by atoms with van der Waals surface area (Å²) in [6.45, 7) is 2.10. The van der Waals surface area contributed by atoms with E-state index in [0.717, 1.165) is 28.6 Å². The molecule has 5 nitrogen and oxygen atoms in total. The normalized spacial score (nSPS) is 10.5. The first-order valence-electron chi connectivity index (χ1n) is 6.64. The molecule has 0 unspecified atom stereocenters. The van der Waals surface area contributed by atoms with Crippen molar-refractivity contribution in [3.63, 3.8) is 0 Å². The Morgan fingerprint density at radius 1 is 1.10 bits per heavy atom. The number of nitrogens with two attached hydrogens (primary N) is 1. The Bertz CT molecular complexity index is 625. The van der Waals surface area contributed by atoms with E-state index < -0.39 is 0 Å². The number of ether oxygens (including phenoxy) is 2. The summed E-state index contributed by atoms with van der Waals surface area (Å²) in [4.78, 5) is 8.94. The summed E-state index contributed by atoms with van der Waals surface area (Å²) in [5.41, 5.74) is 7.68. The van der Waals surface area contributed by atoms with Crippen LogP contribution in [-0.2, 0) is 6.42 Å². The number of benzene rings is 1. The number of rotatable bonds is 5. The SMILES string of the molecule is CCCc1nc(-c2cc(OC)cc(OC)c2)nc(N)c1Br. The van der Waals surface area contributed by atoms with Crippen LogP contribution in [0.5, 0.6) is 11.5 Å². The molecule has 0 atom stereocenters. The molecule has 0 bridgehead atoms. The van der Waals surface area contributed by atoms with Gasteiger partial charge in [0.05, 0.1) is 24.4 Å². The third kappa shape index (κ3) is 3.44. The van der Waals surface area contributed by atoms with E-state index in [1.165, 1.54) is 0 Å².